The van der Waals surface area contributed by atoms with Crippen LogP contribution in [0.1, 0.15) is 59.3 Å². The van der Waals surface area contributed by atoms with E-state index in [2.05, 4.69) is 25.7 Å². The highest BCUT2D eigenvalue weighted by Gasteiger charge is 2.31. The second-order valence-electron chi connectivity index (χ2n) is 7.24. The fourth-order valence-corrected chi connectivity index (χ4v) is 4.00. The minimum atomic E-state index is 0.441. The highest BCUT2D eigenvalue weighted by Crippen LogP contribution is 2.33. The van der Waals surface area contributed by atoms with Crippen molar-refractivity contribution in [3.63, 3.8) is 0 Å². The van der Waals surface area contributed by atoms with E-state index in [1.165, 1.54) is 51.6 Å². The van der Waals surface area contributed by atoms with E-state index in [1.54, 1.807) is 0 Å². The molecule has 0 spiro atoms. The third-order valence-electron chi connectivity index (χ3n) is 5.08. The molecule has 4 atom stereocenters. The molecule has 0 aromatic carbocycles. The van der Waals surface area contributed by atoms with Gasteiger partial charge < -0.3 is 5.73 Å². The molecule has 0 radical (unpaired) electrons. The van der Waals surface area contributed by atoms with Gasteiger partial charge in [-0.1, -0.05) is 33.6 Å². The number of hydrogen-bond donors (Lipinski definition) is 1. The second kappa shape index (κ2) is 6.38. The van der Waals surface area contributed by atoms with Crippen LogP contribution in [0.3, 0.4) is 0 Å². The summed E-state index contributed by atoms with van der Waals surface area (Å²) >= 11 is 0. The Morgan fingerprint density at radius 3 is 2.67 bits per heavy atom. The molecular formula is C16H32N2. The number of likely N-dealkylation sites (tertiary alicyclic amines) is 1. The highest BCUT2D eigenvalue weighted by molar-refractivity contribution is 4.87. The number of rotatable bonds is 3. The molecule has 0 aromatic heterocycles. The van der Waals surface area contributed by atoms with Crippen molar-refractivity contribution in [3.05, 3.63) is 0 Å². The zero-order valence-electron chi connectivity index (χ0n) is 12.6. The van der Waals surface area contributed by atoms with Crippen molar-refractivity contribution >= 4 is 0 Å². The monoisotopic (exact) mass is 252 g/mol. The van der Waals surface area contributed by atoms with Crippen molar-refractivity contribution in [2.75, 3.05) is 13.1 Å². The maximum Gasteiger partial charge on any atom is 0.00980 e. The number of piperidine rings is 1. The van der Waals surface area contributed by atoms with Gasteiger partial charge in [-0.05, 0) is 50.0 Å². The first-order chi connectivity index (χ1) is 8.56. The molecule has 2 N–H and O–H groups in total. The fourth-order valence-electron chi connectivity index (χ4n) is 4.00. The molecule has 106 valence electrons. The molecule has 1 saturated heterocycles. The van der Waals surface area contributed by atoms with Crippen LogP contribution in [0.2, 0.25) is 0 Å². The van der Waals surface area contributed by atoms with Crippen molar-refractivity contribution in [1.82, 2.24) is 4.90 Å². The molecule has 2 fully saturated rings. The molecule has 2 heteroatoms. The lowest BCUT2D eigenvalue weighted by Gasteiger charge is -2.43. The first kappa shape index (κ1) is 14.3. The predicted molar refractivity (Wildman–Crippen MR) is 78.5 cm³/mol. The summed E-state index contributed by atoms with van der Waals surface area (Å²) in [7, 11) is 0. The van der Waals surface area contributed by atoms with Crippen LogP contribution < -0.4 is 5.73 Å². The summed E-state index contributed by atoms with van der Waals surface area (Å²) in [4.78, 5) is 2.75. The lowest BCUT2D eigenvalue weighted by Crippen LogP contribution is -2.50. The summed E-state index contributed by atoms with van der Waals surface area (Å²) in [6, 6.07) is 1.30. The van der Waals surface area contributed by atoms with Gasteiger partial charge in [0.1, 0.15) is 0 Å². The summed E-state index contributed by atoms with van der Waals surface area (Å²) in [6.07, 6.45) is 8.42. The van der Waals surface area contributed by atoms with E-state index in [4.69, 9.17) is 5.73 Å². The van der Waals surface area contributed by atoms with Gasteiger partial charge in [0.25, 0.3) is 0 Å². The summed E-state index contributed by atoms with van der Waals surface area (Å²) in [5.41, 5.74) is 6.14. The standard InChI is InChI=1S/C16H32N2/c1-12(2)9-14-5-4-6-15(10-14)18-8-7-16(17)13(3)11-18/h12-16H,4-11,17H2,1-3H3. The Morgan fingerprint density at radius 1 is 1.22 bits per heavy atom. The van der Waals surface area contributed by atoms with Gasteiger partial charge in [0.15, 0.2) is 0 Å². The third kappa shape index (κ3) is 3.71. The molecule has 1 heterocycles. The van der Waals surface area contributed by atoms with Crippen molar-refractivity contribution in [3.8, 4) is 0 Å². The van der Waals surface area contributed by atoms with E-state index < -0.39 is 0 Å². The Labute approximate surface area is 113 Å². The van der Waals surface area contributed by atoms with Crippen LogP contribution in [0, 0.1) is 17.8 Å². The lowest BCUT2D eigenvalue weighted by atomic mass is 9.79. The van der Waals surface area contributed by atoms with Gasteiger partial charge in [0.2, 0.25) is 0 Å². The Bertz CT molecular complexity index is 251. The minimum Gasteiger partial charge on any atom is -0.327 e. The molecule has 2 aliphatic rings. The smallest absolute Gasteiger partial charge is 0.00980 e. The number of hydrogen-bond acceptors (Lipinski definition) is 2. The number of nitrogens with two attached hydrogens (primary N) is 1. The lowest BCUT2D eigenvalue weighted by molar-refractivity contribution is 0.0739. The quantitative estimate of drug-likeness (QED) is 0.835. The van der Waals surface area contributed by atoms with Crippen LogP contribution in [-0.2, 0) is 0 Å². The summed E-state index contributed by atoms with van der Waals surface area (Å²) < 4.78 is 0. The molecule has 1 aliphatic carbocycles. The normalized spacial score (nSPS) is 39.2. The van der Waals surface area contributed by atoms with E-state index in [9.17, 15) is 0 Å². The zero-order chi connectivity index (χ0) is 13.1. The Balaban J connectivity index is 1.85. The van der Waals surface area contributed by atoms with Gasteiger partial charge in [0.05, 0.1) is 0 Å². The molecule has 1 saturated carbocycles. The maximum atomic E-state index is 6.14. The molecule has 2 nitrogen and oxygen atoms in total. The van der Waals surface area contributed by atoms with Crippen LogP contribution >= 0.6 is 0 Å². The Kier molecular flexibility index (Phi) is 5.08. The fraction of sp³-hybridized carbons (Fsp3) is 1.00. The second-order valence-corrected chi connectivity index (χ2v) is 7.24. The minimum absolute atomic E-state index is 0.441. The average Bonchev–Trinajstić information content (AvgIpc) is 2.32. The molecule has 0 amide bonds. The van der Waals surface area contributed by atoms with Gasteiger partial charge in [0, 0.05) is 18.6 Å². The molecular weight excluding hydrogens is 220 g/mol. The van der Waals surface area contributed by atoms with E-state index in [0.29, 0.717) is 12.0 Å². The molecule has 2 rings (SSSR count). The zero-order valence-corrected chi connectivity index (χ0v) is 12.6. The summed E-state index contributed by atoms with van der Waals surface area (Å²) in [6.45, 7) is 9.53. The summed E-state index contributed by atoms with van der Waals surface area (Å²) in [5, 5.41) is 0. The van der Waals surface area contributed by atoms with Gasteiger partial charge in [-0.15, -0.1) is 0 Å². The van der Waals surface area contributed by atoms with Gasteiger partial charge >= 0.3 is 0 Å². The predicted octanol–water partition coefficient (Wildman–Crippen LogP) is 3.26. The summed E-state index contributed by atoms with van der Waals surface area (Å²) in [5.74, 6) is 2.53. The maximum absolute atomic E-state index is 6.14. The first-order valence-corrected chi connectivity index (χ1v) is 8.06. The van der Waals surface area contributed by atoms with Crippen LogP contribution in [0.25, 0.3) is 0 Å². The van der Waals surface area contributed by atoms with E-state index in [1.807, 2.05) is 0 Å². The average molecular weight is 252 g/mol. The largest absolute Gasteiger partial charge is 0.327 e. The van der Waals surface area contributed by atoms with Gasteiger partial charge in [-0.25, -0.2) is 0 Å². The Morgan fingerprint density at radius 2 is 2.00 bits per heavy atom. The first-order valence-electron chi connectivity index (χ1n) is 8.06. The Hall–Kier alpha value is -0.0800. The van der Waals surface area contributed by atoms with E-state index >= 15 is 0 Å². The van der Waals surface area contributed by atoms with Crippen LogP contribution in [0.15, 0.2) is 0 Å². The highest BCUT2D eigenvalue weighted by atomic mass is 15.2. The molecule has 4 unspecified atom stereocenters. The van der Waals surface area contributed by atoms with Crippen molar-refractivity contribution in [1.29, 1.82) is 0 Å². The number of nitrogens with zero attached hydrogens (tertiary/aromatic N) is 1. The van der Waals surface area contributed by atoms with E-state index in [0.717, 1.165) is 17.9 Å². The van der Waals surface area contributed by atoms with Crippen LogP contribution in [0.5, 0.6) is 0 Å². The molecule has 0 aromatic rings. The topological polar surface area (TPSA) is 29.3 Å². The SMILES string of the molecule is CC(C)CC1CCCC(N2CCC(N)C(C)C2)C1. The van der Waals surface area contributed by atoms with Crippen LogP contribution in [-0.4, -0.2) is 30.1 Å². The molecule has 18 heavy (non-hydrogen) atoms. The van der Waals surface area contributed by atoms with Crippen molar-refractivity contribution in [2.24, 2.45) is 23.5 Å². The van der Waals surface area contributed by atoms with Crippen molar-refractivity contribution in [2.45, 2.75) is 71.4 Å². The van der Waals surface area contributed by atoms with Gasteiger partial charge in [-0.2, -0.15) is 0 Å². The van der Waals surface area contributed by atoms with Crippen molar-refractivity contribution < 1.29 is 0 Å². The molecule has 1 aliphatic heterocycles. The molecule has 0 bridgehead atoms. The van der Waals surface area contributed by atoms with E-state index in [-0.39, 0.29) is 0 Å². The van der Waals surface area contributed by atoms with Gasteiger partial charge in [-0.3, -0.25) is 4.90 Å². The third-order valence-corrected chi connectivity index (χ3v) is 5.08. The van der Waals surface area contributed by atoms with Crippen LogP contribution in [0.4, 0.5) is 0 Å².